The van der Waals surface area contributed by atoms with E-state index in [1.165, 1.54) is 16.3 Å². The van der Waals surface area contributed by atoms with Crippen LogP contribution in [-0.2, 0) is 22.6 Å². The third-order valence-electron chi connectivity index (χ3n) is 4.07. The van der Waals surface area contributed by atoms with Crippen molar-refractivity contribution in [1.82, 2.24) is 9.13 Å². The number of benzene rings is 1. The molecule has 0 unspecified atom stereocenters. The molecular formula is C19H20N2O4S. The maximum Gasteiger partial charge on any atom is 0.332 e. The van der Waals surface area contributed by atoms with Crippen LogP contribution >= 0.6 is 11.8 Å². The molecule has 6 nitrogen and oxygen atoms in total. The van der Waals surface area contributed by atoms with E-state index in [2.05, 4.69) is 0 Å². The third kappa shape index (κ3) is 3.67. The summed E-state index contributed by atoms with van der Waals surface area (Å²) >= 11 is 1.38. The Hall–Kier alpha value is -2.54. The van der Waals surface area contributed by atoms with Crippen molar-refractivity contribution in [2.24, 2.45) is 0 Å². The van der Waals surface area contributed by atoms with Crippen molar-refractivity contribution < 1.29 is 9.53 Å². The Balaban J connectivity index is 2.02. The van der Waals surface area contributed by atoms with Crippen LogP contribution in [0.4, 0.5) is 0 Å². The Morgan fingerprint density at radius 1 is 1.23 bits per heavy atom. The van der Waals surface area contributed by atoms with Gasteiger partial charge in [0.25, 0.3) is 5.56 Å². The van der Waals surface area contributed by atoms with Crippen molar-refractivity contribution in [3.8, 4) is 11.1 Å². The zero-order valence-electron chi connectivity index (χ0n) is 14.5. The molecule has 1 aliphatic heterocycles. The molecule has 7 heteroatoms. The molecule has 136 valence electrons. The van der Waals surface area contributed by atoms with Gasteiger partial charge in [-0.25, -0.2) is 4.79 Å². The van der Waals surface area contributed by atoms with Crippen molar-refractivity contribution >= 4 is 17.7 Å². The van der Waals surface area contributed by atoms with Gasteiger partial charge >= 0.3 is 11.7 Å². The van der Waals surface area contributed by atoms with E-state index in [0.29, 0.717) is 30.2 Å². The Morgan fingerprint density at radius 3 is 2.73 bits per heavy atom. The highest BCUT2D eigenvalue weighted by Crippen LogP contribution is 2.30. The fourth-order valence-corrected chi connectivity index (χ4v) is 3.80. The first-order valence-corrected chi connectivity index (χ1v) is 9.41. The van der Waals surface area contributed by atoms with Gasteiger partial charge in [0.2, 0.25) is 0 Å². The highest BCUT2D eigenvalue weighted by atomic mass is 32.2. The molecule has 0 amide bonds. The summed E-state index contributed by atoms with van der Waals surface area (Å²) in [4.78, 5) is 37.4. The monoisotopic (exact) mass is 372 g/mol. The molecule has 0 radical (unpaired) electrons. The van der Waals surface area contributed by atoms with Crippen LogP contribution in [0.2, 0.25) is 0 Å². The van der Waals surface area contributed by atoms with E-state index >= 15 is 0 Å². The van der Waals surface area contributed by atoms with E-state index in [0.717, 1.165) is 5.56 Å². The molecule has 0 bridgehead atoms. The summed E-state index contributed by atoms with van der Waals surface area (Å²) in [5.74, 6) is -0.319. The normalized spacial score (nSPS) is 12.7. The number of allylic oxidation sites excluding steroid dienone is 1. The van der Waals surface area contributed by atoms with Crippen LogP contribution in [0.15, 0.2) is 56.4 Å². The number of thioether (sulfide) groups is 1. The fourth-order valence-electron chi connectivity index (χ4n) is 2.89. The lowest BCUT2D eigenvalue weighted by atomic mass is 10.1. The number of carbonyl (C=O) groups is 1. The summed E-state index contributed by atoms with van der Waals surface area (Å²) in [7, 11) is 0. The molecule has 2 heterocycles. The molecular weight excluding hydrogens is 352 g/mol. The molecule has 0 N–H and O–H groups in total. The number of aromatic nitrogens is 2. The van der Waals surface area contributed by atoms with Crippen LogP contribution in [0.5, 0.6) is 0 Å². The lowest BCUT2D eigenvalue weighted by Crippen LogP contribution is -2.42. The molecule has 1 aliphatic rings. The largest absolute Gasteiger partial charge is 0.466 e. The minimum Gasteiger partial charge on any atom is -0.466 e. The van der Waals surface area contributed by atoms with Crippen LogP contribution in [0.25, 0.3) is 11.1 Å². The van der Waals surface area contributed by atoms with Gasteiger partial charge in [-0.15, -0.1) is 0 Å². The Labute approximate surface area is 155 Å². The van der Waals surface area contributed by atoms with E-state index in [9.17, 15) is 14.4 Å². The average molecular weight is 372 g/mol. The van der Waals surface area contributed by atoms with Crippen LogP contribution < -0.4 is 11.2 Å². The predicted octanol–water partition coefficient (Wildman–Crippen LogP) is 2.64. The van der Waals surface area contributed by atoms with E-state index in [1.807, 2.05) is 41.8 Å². The van der Waals surface area contributed by atoms with Crippen LogP contribution in [-0.4, -0.2) is 21.7 Å². The molecule has 0 spiro atoms. The van der Waals surface area contributed by atoms with E-state index in [4.69, 9.17) is 4.74 Å². The summed E-state index contributed by atoms with van der Waals surface area (Å²) in [5, 5.41) is 2.56. The van der Waals surface area contributed by atoms with Crippen LogP contribution in [0.1, 0.15) is 19.8 Å². The van der Waals surface area contributed by atoms with Crippen molar-refractivity contribution in [2.45, 2.75) is 37.9 Å². The molecule has 1 aromatic heterocycles. The zero-order chi connectivity index (χ0) is 18.5. The number of carbonyl (C=O) groups excluding carboxylic acids is 1. The SMILES string of the molecule is CCOC(=O)CCCn1c(=O)c(-c2ccccc2)c2n(c1=O)CC=CS2. The molecule has 0 saturated carbocycles. The second-order valence-corrected chi connectivity index (χ2v) is 6.69. The van der Waals surface area contributed by atoms with Gasteiger partial charge in [-0.05, 0) is 24.3 Å². The van der Waals surface area contributed by atoms with Gasteiger partial charge in [-0.1, -0.05) is 48.2 Å². The number of rotatable bonds is 6. The molecule has 26 heavy (non-hydrogen) atoms. The lowest BCUT2D eigenvalue weighted by molar-refractivity contribution is -0.143. The second-order valence-electron chi connectivity index (χ2n) is 5.79. The average Bonchev–Trinajstić information content (AvgIpc) is 2.66. The molecule has 1 aromatic carbocycles. The fraction of sp³-hybridized carbons (Fsp3) is 0.316. The smallest absolute Gasteiger partial charge is 0.332 e. The molecule has 0 fully saturated rings. The first kappa shape index (κ1) is 18.3. The standard InChI is InChI=1S/C19H20N2O4S/c1-2-25-15(22)10-6-11-20-17(23)16(14-8-4-3-5-9-14)18-21(19(20)24)12-7-13-26-18/h3-5,7-9,13H,2,6,10-12H2,1H3. The third-order valence-corrected chi connectivity index (χ3v) is 5.05. The topological polar surface area (TPSA) is 70.3 Å². The Kier molecular flexibility index (Phi) is 5.78. The molecule has 2 aromatic rings. The summed E-state index contributed by atoms with van der Waals surface area (Å²) in [5.41, 5.74) is 0.642. The minimum absolute atomic E-state index is 0.177. The Morgan fingerprint density at radius 2 is 2.00 bits per heavy atom. The maximum atomic E-state index is 13.1. The maximum absolute atomic E-state index is 13.1. The predicted molar refractivity (Wildman–Crippen MR) is 101 cm³/mol. The number of ether oxygens (including phenoxy) is 1. The van der Waals surface area contributed by atoms with Crippen molar-refractivity contribution in [1.29, 1.82) is 0 Å². The number of hydrogen-bond acceptors (Lipinski definition) is 5. The van der Waals surface area contributed by atoms with E-state index < -0.39 is 0 Å². The molecule has 0 atom stereocenters. The van der Waals surface area contributed by atoms with Crippen molar-refractivity contribution in [2.75, 3.05) is 6.61 Å². The van der Waals surface area contributed by atoms with Gasteiger partial charge in [0.05, 0.1) is 17.2 Å². The van der Waals surface area contributed by atoms with Gasteiger partial charge in [0.15, 0.2) is 0 Å². The second kappa shape index (κ2) is 8.23. The van der Waals surface area contributed by atoms with E-state index in [-0.39, 0.29) is 30.2 Å². The molecule has 3 rings (SSSR count). The highest BCUT2D eigenvalue weighted by Gasteiger charge is 2.21. The first-order chi connectivity index (χ1) is 12.6. The van der Waals surface area contributed by atoms with Gasteiger partial charge in [-0.2, -0.15) is 0 Å². The van der Waals surface area contributed by atoms with Crippen LogP contribution in [0.3, 0.4) is 0 Å². The number of hydrogen-bond donors (Lipinski definition) is 0. The molecule has 0 aliphatic carbocycles. The summed E-state index contributed by atoms with van der Waals surface area (Å²) in [6.45, 7) is 2.68. The zero-order valence-corrected chi connectivity index (χ0v) is 15.3. The van der Waals surface area contributed by atoms with Gasteiger partial charge in [0, 0.05) is 19.5 Å². The van der Waals surface area contributed by atoms with Gasteiger partial charge in [-0.3, -0.25) is 18.7 Å². The first-order valence-electron chi connectivity index (χ1n) is 8.53. The number of nitrogens with zero attached hydrogens (tertiary/aromatic N) is 2. The number of esters is 1. The quantitative estimate of drug-likeness (QED) is 0.576. The summed E-state index contributed by atoms with van der Waals surface area (Å²) in [6, 6.07) is 9.35. The van der Waals surface area contributed by atoms with Crippen LogP contribution in [0, 0.1) is 0 Å². The van der Waals surface area contributed by atoms with E-state index in [1.54, 1.807) is 11.5 Å². The van der Waals surface area contributed by atoms with Crippen molar-refractivity contribution in [3.05, 3.63) is 62.7 Å². The van der Waals surface area contributed by atoms with Crippen molar-refractivity contribution in [3.63, 3.8) is 0 Å². The minimum atomic E-state index is -0.342. The van der Waals surface area contributed by atoms with Gasteiger partial charge < -0.3 is 4.74 Å². The molecule has 0 saturated heterocycles. The Bertz CT molecular complexity index is 944. The lowest BCUT2D eigenvalue weighted by Gasteiger charge is -2.19. The summed E-state index contributed by atoms with van der Waals surface area (Å²) < 4.78 is 7.74. The van der Waals surface area contributed by atoms with Gasteiger partial charge in [0.1, 0.15) is 0 Å². The number of fused-ring (bicyclic) bond motifs is 1. The summed E-state index contributed by atoms with van der Waals surface area (Å²) in [6.07, 6.45) is 2.45. The highest BCUT2D eigenvalue weighted by molar-refractivity contribution is 8.02.